The first kappa shape index (κ1) is 14.8. The summed E-state index contributed by atoms with van der Waals surface area (Å²) in [7, 11) is 0. The minimum atomic E-state index is 0.591. The van der Waals surface area contributed by atoms with Crippen molar-refractivity contribution in [3.05, 3.63) is 46.6 Å². The molecule has 0 amide bonds. The van der Waals surface area contributed by atoms with Gasteiger partial charge in [-0.3, -0.25) is 0 Å². The monoisotopic (exact) mass is 281 g/mol. The van der Waals surface area contributed by atoms with Crippen LogP contribution in [-0.2, 0) is 6.54 Å². The summed E-state index contributed by atoms with van der Waals surface area (Å²) in [5.41, 5.74) is 9.89. The van der Waals surface area contributed by atoms with Crippen LogP contribution in [0.25, 0.3) is 0 Å². The zero-order valence-electron chi connectivity index (χ0n) is 12.6. The van der Waals surface area contributed by atoms with Crippen molar-refractivity contribution in [2.24, 2.45) is 0 Å². The van der Waals surface area contributed by atoms with E-state index in [0.717, 1.165) is 29.1 Å². The van der Waals surface area contributed by atoms with Gasteiger partial charge in [0, 0.05) is 18.8 Å². The van der Waals surface area contributed by atoms with Gasteiger partial charge in [0.25, 0.3) is 0 Å². The molecule has 2 N–H and O–H groups in total. The van der Waals surface area contributed by atoms with Crippen molar-refractivity contribution in [2.75, 3.05) is 17.2 Å². The van der Waals surface area contributed by atoms with Gasteiger partial charge >= 0.3 is 0 Å². The van der Waals surface area contributed by atoms with Gasteiger partial charge < -0.3 is 10.6 Å². The van der Waals surface area contributed by atoms with Crippen LogP contribution in [0.3, 0.4) is 0 Å². The number of hydrogen-bond donors (Lipinski definition) is 1. The number of anilines is 2. The van der Waals surface area contributed by atoms with Gasteiger partial charge in [-0.25, -0.2) is 0 Å². The normalized spacial score (nSPS) is 10.2. The second-order valence-electron chi connectivity index (χ2n) is 4.98. The van der Waals surface area contributed by atoms with Crippen molar-refractivity contribution in [3.8, 4) is 6.07 Å². The van der Waals surface area contributed by atoms with E-state index in [2.05, 4.69) is 16.3 Å². The van der Waals surface area contributed by atoms with Gasteiger partial charge in [-0.1, -0.05) is 12.1 Å². The number of aryl methyl sites for hydroxylation is 1. The lowest BCUT2D eigenvalue weighted by atomic mass is 10.1. The number of nitrogens with zero attached hydrogens (tertiary/aromatic N) is 4. The lowest BCUT2D eigenvalue weighted by molar-refractivity contribution is 0.786. The van der Waals surface area contributed by atoms with Crippen LogP contribution in [-0.4, -0.2) is 16.7 Å². The quantitative estimate of drug-likeness (QED) is 0.871. The average molecular weight is 281 g/mol. The molecule has 0 saturated heterocycles. The molecule has 1 aromatic heterocycles. The van der Waals surface area contributed by atoms with E-state index in [-0.39, 0.29) is 0 Å². The molecule has 21 heavy (non-hydrogen) atoms. The fourth-order valence-corrected chi connectivity index (χ4v) is 2.20. The summed E-state index contributed by atoms with van der Waals surface area (Å²) >= 11 is 0. The maximum Gasteiger partial charge on any atom is 0.169 e. The second kappa shape index (κ2) is 6.23. The summed E-state index contributed by atoms with van der Waals surface area (Å²) in [4.78, 5) is 2.03. The molecule has 0 atom stereocenters. The van der Waals surface area contributed by atoms with Crippen LogP contribution in [0.4, 0.5) is 11.5 Å². The molecule has 2 rings (SSSR count). The van der Waals surface area contributed by atoms with Crippen LogP contribution in [0.2, 0.25) is 0 Å². The van der Waals surface area contributed by atoms with Gasteiger partial charge in [0.05, 0.1) is 5.69 Å². The molecule has 0 aliphatic rings. The van der Waals surface area contributed by atoms with Gasteiger partial charge in [-0.05, 0) is 44.0 Å². The van der Waals surface area contributed by atoms with Crippen LogP contribution in [0.15, 0.2) is 24.3 Å². The molecule has 0 fully saturated rings. The van der Waals surface area contributed by atoms with Crippen LogP contribution in [0.1, 0.15) is 29.3 Å². The average Bonchev–Trinajstić information content (AvgIpc) is 2.48. The van der Waals surface area contributed by atoms with Gasteiger partial charge in [0.1, 0.15) is 11.6 Å². The lowest BCUT2D eigenvalue weighted by Crippen LogP contribution is -2.25. The molecule has 0 unspecified atom stereocenters. The van der Waals surface area contributed by atoms with Gasteiger partial charge in [0.15, 0.2) is 5.82 Å². The summed E-state index contributed by atoms with van der Waals surface area (Å²) in [6.07, 6.45) is 0. The standard InChI is InChI=1S/C16H19N5/c1-4-21(10-13-6-5-7-14(18)8-13)16-15(9-17)11(2)12(3)19-20-16/h5-8H,4,10,18H2,1-3H3. The van der Waals surface area contributed by atoms with E-state index in [9.17, 15) is 5.26 Å². The molecule has 0 aliphatic carbocycles. The van der Waals surface area contributed by atoms with E-state index in [1.165, 1.54) is 0 Å². The number of nitriles is 1. The Morgan fingerprint density at radius 2 is 2.05 bits per heavy atom. The topological polar surface area (TPSA) is 78.8 Å². The fourth-order valence-electron chi connectivity index (χ4n) is 2.20. The SMILES string of the molecule is CCN(Cc1cccc(N)c1)c1nnc(C)c(C)c1C#N. The van der Waals surface area contributed by atoms with Crippen LogP contribution in [0.5, 0.6) is 0 Å². The number of aromatic nitrogens is 2. The summed E-state index contributed by atoms with van der Waals surface area (Å²) in [5.74, 6) is 0.630. The van der Waals surface area contributed by atoms with Crippen LogP contribution >= 0.6 is 0 Å². The predicted octanol–water partition coefficient (Wildman–Crippen LogP) is 2.57. The zero-order valence-corrected chi connectivity index (χ0v) is 12.6. The van der Waals surface area contributed by atoms with Crippen molar-refractivity contribution >= 4 is 11.5 Å². The molecule has 108 valence electrons. The van der Waals surface area contributed by atoms with Crippen molar-refractivity contribution in [1.82, 2.24) is 10.2 Å². The smallest absolute Gasteiger partial charge is 0.169 e. The summed E-state index contributed by atoms with van der Waals surface area (Å²) in [6.45, 7) is 7.18. The van der Waals surface area contributed by atoms with E-state index in [4.69, 9.17) is 5.73 Å². The Hall–Kier alpha value is -2.61. The van der Waals surface area contributed by atoms with Gasteiger partial charge in [-0.15, -0.1) is 5.10 Å². The number of benzene rings is 1. The molecule has 1 heterocycles. The molecule has 0 spiro atoms. The Balaban J connectivity index is 2.39. The summed E-state index contributed by atoms with van der Waals surface area (Å²) in [5, 5.41) is 17.8. The number of nitrogens with two attached hydrogens (primary N) is 1. The van der Waals surface area contributed by atoms with E-state index >= 15 is 0 Å². The van der Waals surface area contributed by atoms with Crippen LogP contribution < -0.4 is 10.6 Å². The highest BCUT2D eigenvalue weighted by atomic mass is 15.3. The fraction of sp³-hybridized carbons (Fsp3) is 0.312. The minimum Gasteiger partial charge on any atom is -0.399 e. The van der Waals surface area contributed by atoms with E-state index in [1.54, 1.807) is 0 Å². The molecule has 5 nitrogen and oxygen atoms in total. The van der Waals surface area contributed by atoms with Gasteiger partial charge in [-0.2, -0.15) is 10.4 Å². The number of rotatable bonds is 4. The molecular formula is C16H19N5. The first-order chi connectivity index (χ1) is 10.1. The van der Waals surface area contributed by atoms with E-state index in [0.29, 0.717) is 17.9 Å². The Bertz CT molecular complexity index is 688. The van der Waals surface area contributed by atoms with Crippen LogP contribution in [0, 0.1) is 25.2 Å². The van der Waals surface area contributed by atoms with E-state index in [1.807, 2.05) is 49.9 Å². The first-order valence-corrected chi connectivity index (χ1v) is 6.90. The minimum absolute atomic E-state index is 0.591. The van der Waals surface area contributed by atoms with Crippen molar-refractivity contribution in [2.45, 2.75) is 27.3 Å². The highest BCUT2D eigenvalue weighted by molar-refractivity contribution is 5.58. The van der Waals surface area contributed by atoms with Crippen molar-refractivity contribution < 1.29 is 0 Å². The number of nitrogen functional groups attached to an aromatic ring is 1. The third-order valence-electron chi connectivity index (χ3n) is 3.55. The molecule has 0 bridgehead atoms. The molecule has 1 aromatic carbocycles. The Kier molecular flexibility index (Phi) is 4.39. The van der Waals surface area contributed by atoms with Crippen molar-refractivity contribution in [1.29, 1.82) is 5.26 Å². The highest BCUT2D eigenvalue weighted by Gasteiger charge is 2.16. The third-order valence-corrected chi connectivity index (χ3v) is 3.55. The Morgan fingerprint density at radius 3 is 2.67 bits per heavy atom. The maximum atomic E-state index is 9.41. The molecule has 0 saturated carbocycles. The first-order valence-electron chi connectivity index (χ1n) is 6.90. The van der Waals surface area contributed by atoms with E-state index < -0.39 is 0 Å². The molecular weight excluding hydrogens is 262 g/mol. The Morgan fingerprint density at radius 1 is 1.29 bits per heavy atom. The third kappa shape index (κ3) is 3.11. The molecule has 5 heteroatoms. The Labute approximate surface area is 125 Å². The molecule has 0 radical (unpaired) electrons. The molecule has 0 aliphatic heterocycles. The van der Waals surface area contributed by atoms with Gasteiger partial charge in [0.2, 0.25) is 0 Å². The maximum absolute atomic E-state index is 9.41. The summed E-state index contributed by atoms with van der Waals surface area (Å²) in [6, 6.07) is 9.98. The highest BCUT2D eigenvalue weighted by Crippen LogP contribution is 2.23. The predicted molar refractivity (Wildman–Crippen MR) is 83.8 cm³/mol. The molecule has 2 aromatic rings. The lowest BCUT2D eigenvalue weighted by Gasteiger charge is -2.23. The zero-order chi connectivity index (χ0) is 15.4. The van der Waals surface area contributed by atoms with Crippen molar-refractivity contribution in [3.63, 3.8) is 0 Å². The second-order valence-corrected chi connectivity index (χ2v) is 4.98. The largest absolute Gasteiger partial charge is 0.399 e. The number of hydrogen-bond acceptors (Lipinski definition) is 5. The summed E-state index contributed by atoms with van der Waals surface area (Å²) < 4.78 is 0.